The topological polar surface area (TPSA) is 488 Å². The van der Waals surface area contributed by atoms with Crippen LogP contribution in [0.25, 0.3) is 0 Å². The highest BCUT2D eigenvalue weighted by atomic mass is 33.1. The van der Waals surface area contributed by atoms with E-state index < -0.39 is 168 Å². The van der Waals surface area contributed by atoms with Gasteiger partial charge in [0.1, 0.15) is 90.0 Å². The molecule has 32 nitrogen and oxygen atoms in total. The second kappa shape index (κ2) is 41.4. The van der Waals surface area contributed by atoms with Gasteiger partial charge >= 0.3 is 0 Å². The van der Waals surface area contributed by atoms with Crippen LogP contribution in [0.2, 0.25) is 0 Å². The Morgan fingerprint density at radius 3 is 1.46 bits per heavy atom. The van der Waals surface area contributed by atoms with Gasteiger partial charge in [0.2, 0.25) is 82.7 Å². The van der Waals surface area contributed by atoms with Crippen molar-refractivity contribution in [2.75, 3.05) is 44.2 Å². The number of benzene rings is 2. The fourth-order valence-electron chi connectivity index (χ4n) is 13.4. The maximum atomic E-state index is 15.0. The van der Waals surface area contributed by atoms with E-state index in [1.54, 1.807) is 32.9 Å². The monoisotopic (exact) mass is 1520 g/mol. The number of hydrogen-bond acceptors (Lipinski definition) is 20. The second-order valence-electron chi connectivity index (χ2n) is 29.1. The van der Waals surface area contributed by atoms with Gasteiger partial charge in [0, 0.05) is 57.5 Å². The van der Waals surface area contributed by atoms with Gasteiger partial charge in [-0.3, -0.25) is 67.1 Å². The van der Waals surface area contributed by atoms with E-state index in [2.05, 4.69) is 53.2 Å². The molecule has 0 aliphatic carbocycles. The van der Waals surface area contributed by atoms with Crippen LogP contribution < -0.4 is 70.4 Å². The number of hydrogen-bond donors (Lipinski definition) is 15. The number of phenolic OH excluding ortho intramolecular Hbond substituents is 2. The molecular weight excluding hydrogens is 1410 g/mol. The van der Waals surface area contributed by atoms with Crippen LogP contribution in [0.15, 0.2) is 48.5 Å². The van der Waals surface area contributed by atoms with E-state index in [9.17, 15) is 72.5 Å². The Kier molecular flexibility index (Phi) is 33.6. The maximum Gasteiger partial charge on any atom is 0.246 e. The van der Waals surface area contributed by atoms with E-state index in [0.29, 0.717) is 36.8 Å². The van der Waals surface area contributed by atoms with Gasteiger partial charge in [0.15, 0.2) is 0 Å². The molecular formula is C72H110N16O16S2. The minimum Gasteiger partial charge on any atom is -0.508 e. The van der Waals surface area contributed by atoms with E-state index in [4.69, 9.17) is 17.2 Å². The first kappa shape index (κ1) is 86.2. The largest absolute Gasteiger partial charge is 0.508 e. The molecule has 18 N–H and O–H groups in total. The lowest BCUT2D eigenvalue weighted by atomic mass is 9.97. The number of nitrogens with two attached hydrogens (primary N) is 3. The average molecular weight is 1520 g/mol. The number of carbonyl (C=O) groups is 14. The minimum atomic E-state index is -1.58. The summed E-state index contributed by atoms with van der Waals surface area (Å²) >= 11 is 0. The van der Waals surface area contributed by atoms with Crippen LogP contribution in [0.1, 0.15) is 144 Å². The van der Waals surface area contributed by atoms with E-state index in [0.717, 1.165) is 21.6 Å². The molecule has 106 heavy (non-hydrogen) atoms. The Labute approximate surface area is 627 Å². The highest BCUT2D eigenvalue weighted by molar-refractivity contribution is 8.76. The number of primary amides is 1. The molecule has 34 heteroatoms. The first-order valence-electron chi connectivity index (χ1n) is 36.7. The van der Waals surface area contributed by atoms with E-state index in [1.165, 1.54) is 58.0 Å². The van der Waals surface area contributed by atoms with Gasteiger partial charge in [-0.1, -0.05) is 108 Å². The van der Waals surface area contributed by atoms with Gasteiger partial charge in [0.25, 0.3) is 0 Å². The van der Waals surface area contributed by atoms with Crippen LogP contribution in [0.5, 0.6) is 11.5 Å². The van der Waals surface area contributed by atoms with Crippen molar-refractivity contribution in [2.24, 2.45) is 40.9 Å². The smallest absolute Gasteiger partial charge is 0.246 e. The molecule has 2 aromatic carbocycles. The molecule has 6 rings (SSSR count). The molecule has 586 valence electrons. The molecule has 14 atom stereocenters. The van der Waals surface area contributed by atoms with Crippen molar-refractivity contribution in [3.63, 3.8) is 0 Å². The standard InChI is InChI=1S/C72H110N16O16S2/c1-10-41(8)59(60(75)92)85-65(97)49(31-39(4)5)78-61(93)47(25-26-73)77-67(99)54-36-105-106-37-55(76-42(9)89)71(103)88-29-13-16-58(88)72(104)87-28-12-15-57(87)68(100)81-51(34-44-19-23-46(91)24-20-44)64(96)82-52(32-40(6)7)70(102)86-27-11-14-56(86)69(101)83-53(35-74)66(98)80-50(33-43-17-21-45(90)22-18-43)63(95)79-48(30-38(2)3)62(94)84-54/h17-24,38-41,47-59,90-91H,10-16,25-37,73-74H2,1-9H3,(H2,75,92)(H,76,89)(H,77,99)(H,78,93)(H,79,95)(H,80,98)(H,81,100)(H,82,96)(H,83,101)(H,84,94)(H,85,97)/t41-,47+,48-,49-,50-,51-,52-,53+,54-,55-,56-,57-,58-,59-/m0/s1. The van der Waals surface area contributed by atoms with Crippen LogP contribution in [0.4, 0.5) is 0 Å². The number of aromatic hydroxyl groups is 2. The average Bonchev–Trinajstić information content (AvgIpc) is 1.64. The van der Waals surface area contributed by atoms with E-state index in [1.807, 2.05) is 34.6 Å². The Balaban J connectivity index is 1.41. The Morgan fingerprint density at radius 2 is 0.972 bits per heavy atom. The van der Waals surface area contributed by atoms with E-state index >= 15 is 4.79 Å². The molecule has 4 heterocycles. The van der Waals surface area contributed by atoms with Crippen LogP contribution in [-0.4, -0.2) is 230 Å². The summed E-state index contributed by atoms with van der Waals surface area (Å²) in [5, 5.41) is 47.6. The summed E-state index contributed by atoms with van der Waals surface area (Å²) in [6.07, 6.45) is 1.59. The van der Waals surface area contributed by atoms with Gasteiger partial charge < -0.3 is 95.3 Å². The number of rotatable bonds is 23. The van der Waals surface area contributed by atoms with Crippen LogP contribution >= 0.6 is 21.6 Å². The number of phenols is 2. The lowest BCUT2D eigenvalue weighted by molar-refractivity contribution is -0.147. The third kappa shape index (κ3) is 25.2. The van der Waals surface area contributed by atoms with Gasteiger partial charge in [-0.2, -0.15) is 0 Å². The van der Waals surface area contributed by atoms with Crippen molar-refractivity contribution in [3.8, 4) is 11.5 Å². The summed E-state index contributed by atoms with van der Waals surface area (Å²) in [7, 11) is 1.99. The SMILES string of the molecule is CC[C@H](C)[C@H](NC(=O)[C@H](CC(C)C)NC(=O)[C@@H](CCN)NC(=O)[C@@H]1CSSC[C@H](NC(C)=O)C(=O)N2CCC[C@H]2C(=O)N2CCC[C@H]2C(=O)N[C@@H](Cc2ccc(O)cc2)C(=O)N[C@@H](CC(C)C)C(=O)N2CCC[C@H]2C(=O)N[C@H](CN)C(=O)N[C@@H](Cc2ccc(O)cc2)C(=O)N[C@@H](CC(C)C)C(=O)N1)C(N)=O. The molecule has 4 aliphatic heterocycles. The molecule has 0 spiro atoms. The number of fused-ring (bicyclic) bond motifs is 3. The highest BCUT2D eigenvalue weighted by Crippen LogP contribution is 2.30. The Morgan fingerprint density at radius 1 is 0.528 bits per heavy atom. The molecule has 0 unspecified atom stereocenters. The maximum absolute atomic E-state index is 15.0. The summed E-state index contributed by atoms with van der Waals surface area (Å²) in [4.78, 5) is 206. The fraction of sp³-hybridized carbons (Fsp3) is 0.639. The summed E-state index contributed by atoms with van der Waals surface area (Å²) in [6, 6.07) is -5.53. The normalized spacial score (nSPS) is 25.0. The third-order valence-corrected chi connectivity index (χ3v) is 21.6. The van der Waals surface area contributed by atoms with Crippen molar-refractivity contribution < 1.29 is 77.3 Å². The van der Waals surface area contributed by atoms with Crippen molar-refractivity contribution in [2.45, 2.75) is 224 Å². The molecule has 2 aromatic rings. The summed E-state index contributed by atoms with van der Waals surface area (Å²) < 4.78 is 0. The van der Waals surface area contributed by atoms with Crippen LogP contribution in [0.3, 0.4) is 0 Å². The number of carbonyl (C=O) groups excluding carboxylic acids is 14. The summed E-state index contributed by atoms with van der Waals surface area (Å²) in [5.41, 5.74) is 18.9. The molecule has 14 amide bonds. The lowest BCUT2D eigenvalue weighted by Crippen LogP contribution is -2.62. The van der Waals surface area contributed by atoms with Crippen molar-refractivity contribution >= 4 is 104 Å². The Hall–Kier alpha value is -8.76. The molecule has 0 saturated carbocycles. The molecule has 4 saturated heterocycles. The van der Waals surface area contributed by atoms with Crippen LogP contribution in [-0.2, 0) is 80.0 Å². The molecule has 4 aliphatic rings. The zero-order chi connectivity index (χ0) is 78.2. The second-order valence-corrected chi connectivity index (χ2v) is 31.6. The zero-order valence-corrected chi connectivity index (χ0v) is 63.7. The van der Waals surface area contributed by atoms with Crippen molar-refractivity contribution in [1.82, 2.24) is 67.9 Å². The van der Waals surface area contributed by atoms with Crippen LogP contribution in [0, 0.1) is 23.7 Å². The lowest BCUT2D eigenvalue weighted by Gasteiger charge is -2.33. The van der Waals surface area contributed by atoms with Crippen molar-refractivity contribution in [1.29, 1.82) is 0 Å². The quantitative estimate of drug-likeness (QED) is 0.0599. The number of nitrogens with zero attached hydrogens (tertiary/aromatic N) is 3. The molecule has 0 radical (unpaired) electrons. The highest BCUT2D eigenvalue weighted by Gasteiger charge is 2.46. The summed E-state index contributed by atoms with van der Waals surface area (Å²) in [5.74, 6) is -12.5. The number of nitrogens with one attached hydrogen (secondary N) is 10. The number of amides is 14. The third-order valence-electron chi connectivity index (χ3n) is 19.2. The van der Waals surface area contributed by atoms with Crippen molar-refractivity contribution in [3.05, 3.63) is 59.7 Å². The molecule has 0 aromatic heterocycles. The van der Waals surface area contributed by atoms with Gasteiger partial charge in [-0.05, 0) is 130 Å². The van der Waals surface area contributed by atoms with E-state index in [-0.39, 0.29) is 131 Å². The predicted octanol–water partition coefficient (Wildman–Crippen LogP) is -0.904. The molecule has 0 bridgehead atoms. The van der Waals surface area contributed by atoms with Gasteiger partial charge in [-0.15, -0.1) is 0 Å². The van der Waals surface area contributed by atoms with Gasteiger partial charge in [-0.25, -0.2) is 0 Å². The summed E-state index contributed by atoms with van der Waals surface area (Å²) in [6.45, 7) is 15.1. The predicted molar refractivity (Wildman–Crippen MR) is 397 cm³/mol. The minimum absolute atomic E-state index is 0.0637. The first-order chi connectivity index (χ1) is 50.2. The molecule has 4 fully saturated rings. The fourth-order valence-corrected chi connectivity index (χ4v) is 15.7. The zero-order valence-electron chi connectivity index (χ0n) is 62.1. The Bertz CT molecular complexity index is 3420. The van der Waals surface area contributed by atoms with Gasteiger partial charge in [0.05, 0.1) is 0 Å². The first-order valence-corrected chi connectivity index (χ1v) is 39.1.